The van der Waals surface area contributed by atoms with Crippen LogP contribution in [-0.4, -0.2) is 28.1 Å². The first-order valence-corrected chi connectivity index (χ1v) is 9.97. The van der Waals surface area contributed by atoms with Crippen LogP contribution in [0.5, 0.6) is 0 Å². The molecule has 1 fully saturated rings. The van der Waals surface area contributed by atoms with Crippen LogP contribution in [0.2, 0.25) is 0 Å². The Hall–Kier alpha value is -0.900. The average molecular weight is 341 g/mol. The first kappa shape index (κ1) is 21.1. The summed E-state index contributed by atoms with van der Waals surface area (Å²) in [6.45, 7) is 2.17. The summed E-state index contributed by atoms with van der Waals surface area (Å²) in [7, 11) is 0. The highest BCUT2D eigenvalue weighted by atomic mass is 16.4. The molecule has 0 saturated heterocycles. The Morgan fingerprint density at radius 2 is 1.83 bits per heavy atom. The number of carboxylic acid groups (broad SMARTS) is 1. The van der Waals surface area contributed by atoms with Gasteiger partial charge in [-0.3, -0.25) is 9.59 Å². The number of ketones is 1. The lowest BCUT2D eigenvalue weighted by atomic mass is 9.86. The van der Waals surface area contributed by atoms with Crippen molar-refractivity contribution in [2.24, 2.45) is 11.8 Å². The summed E-state index contributed by atoms with van der Waals surface area (Å²) in [5, 5.41) is 18.7. The molecular weight excluding hydrogens is 304 g/mol. The zero-order valence-corrected chi connectivity index (χ0v) is 15.3. The van der Waals surface area contributed by atoms with Crippen molar-refractivity contribution < 1.29 is 19.8 Å². The highest BCUT2D eigenvalue weighted by molar-refractivity contribution is 5.83. The Morgan fingerprint density at radius 3 is 2.54 bits per heavy atom. The molecule has 0 unspecified atom stereocenters. The molecular formula is C20H36O4. The van der Waals surface area contributed by atoms with Crippen molar-refractivity contribution >= 4 is 11.8 Å². The minimum Gasteiger partial charge on any atom is -0.481 e. The predicted molar refractivity (Wildman–Crippen MR) is 95.9 cm³/mol. The monoisotopic (exact) mass is 340 g/mol. The SMILES string of the molecule is CCCCC[C@H](O)CC[C@H]1CCC(=O)[C@H]1CCCCCCC(=O)O. The third-order valence-electron chi connectivity index (χ3n) is 5.41. The number of Topliss-reactive ketones (excluding diaryl/α,β-unsaturated/α-hetero) is 1. The van der Waals surface area contributed by atoms with Gasteiger partial charge in [0, 0.05) is 18.8 Å². The third kappa shape index (κ3) is 8.81. The summed E-state index contributed by atoms with van der Waals surface area (Å²) in [5.74, 6) is 0.328. The van der Waals surface area contributed by atoms with Crippen molar-refractivity contribution in [3.8, 4) is 0 Å². The molecule has 140 valence electrons. The van der Waals surface area contributed by atoms with Gasteiger partial charge in [0.1, 0.15) is 5.78 Å². The normalized spacial score (nSPS) is 22.0. The second-order valence-electron chi connectivity index (χ2n) is 7.45. The lowest BCUT2D eigenvalue weighted by molar-refractivity contribution is -0.137. The number of rotatable bonds is 14. The van der Waals surface area contributed by atoms with Gasteiger partial charge in [-0.1, -0.05) is 45.4 Å². The highest BCUT2D eigenvalue weighted by Gasteiger charge is 2.33. The second-order valence-corrected chi connectivity index (χ2v) is 7.45. The van der Waals surface area contributed by atoms with Crippen LogP contribution in [0.1, 0.15) is 96.8 Å². The van der Waals surface area contributed by atoms with E-state index in [9.17, 15) is 14.7 Å². The molecule has 0 aromatic heterocycles. The third-order valence-corrected chi connectivity index (χ3v) is 5.41. The Kier molecular flexibility index (Phi) is 11.0. The molecule has 0 aromatic carbocycles. The number of aliphatic hydroxyl groups is 1. The van der Waals surface area contributed by atoms with E-state index in [-0.39, 0.29) is 18.4 Å². The number of hydrogen-bond acceptors (Lipinski definition) is 3. The zero-order valence-electron chi connectivity index (χ0n) is 15.3. The molecule has 0 amide bonds. The molecule has 0 aliphatic heterocycles. The number of carbonyl (C=O) groups excluding carboxylic acids is 1. The molecule has 0 radical (unpaired) electrons. The topological polar surface area (TPSA) is 74.6 Å². The van der Waals surface area contributed by atoms with Crippen LogP contribution >= 0.6 is 0 Å². The van der Waals surface area contributed by atoms with E-state index in [1.54, 1.807) is 0 Å². The lowest BCUT2D eigenvalue weighted by Gasteiger charge is -2.20. The minimum absolute atomic E-state index is 0.187. The lowest BCUT2D eigenvalue weighted by Crippen LogP contribution is -2.17. The van der Waals surface area contributed by atoms with Crippen molar-refractivity contribution in [1.29, 1.82) is 0 Å². The van der Waals surface area contributed by atoms with E-state index in [2.05, 4.69) is 6.92 Å². The Labute approximate surface area is 147 Å². The summed E-state index contributed by atoms with van der Waals surface area (Å²) < 4.78 is 0. The molecule has 3 atom stereocenters. The van der Waals surface area contributed by atoms with Crippen molar-refractivity contribution in [3.05, 3.63) is 0 Å². The molecule has 0 aromatic rings. The number of aliphatic carboxylic acids is 1. The maximum absolute atomic E-state index is 12.1. The minimum atomic E-state index is -0.724. The van der Waals surface area contributed by atoms with Gasteiger partial charge in [-0.05, 0) is 44.4 Å². The summed E-state index contributed by atoms with van der Waals surface area (Å²) in [5.41, 5.74) is 0. The molecule has 0 spiro atoms. The molecule has 24 heavy (non-hydrogen) atoms. The van der Waals surface area contributed by atoms with E-state index in [1.165, 1.54) is 12.8 Å². The van der Waals surface area contributed by atoms with E-state index in [0.717, 1.165) is 64.2 Å². The smallest absolute Gasteiger partial charge is 0.303 e. The molecule has 0 bridgehead atoms. The van der Waals surface area contributed by atoms with Gasteiger partial charge in [0.25, 0.3) is 0 Å². The van der Waals surface area contributed by atoms with Crippen LogP contribution in [0.3, 0.4) is 0 Å². The average Bonchev–Trinajstić information content (AvgIpc) is 2.89. The summed E-state index contributed by atoms with van der Waals surface area (Å²) in [6.07, 6.45) is 12.6. The predicted octanol–water partition coefficient (Wildman–Crippen LogP) is 4.73. The van der Waals surface area contributed by atoms with Gasteiger partial charge in [0.05, 0.1) is 6.10 Å². The van der Waals surface area contributed by atoms with Crippen LogP contribution in [0, 0.1) is 11.8 Å². The molecule has 4 heteroatoms. The zero-order chi connectivity index (χ0) is 17.8. The van der Waals surface area contributed by atoms with Crippen LogP contribution in [0.15, 0.2) is 0 Å². The van der Waals surface area contributed by atoms with Gasteiger partial charge in [-0.15, -0.1) is 0 Å². The van der Waals surface area contributed by atoms with Crippen LogP contribution in [-0.2, 0) is 9.59 Å². The summed E-state index contributed by atoms with van der Waals surface area (Å²) in [4.78, 5) is 22.6. The van der Waals surface area contributed by atoms with Gasteiger partial charge in [0.2, 0.25) is 0 Å². The number of aliphatic hydroxyl groups excluding tert-OH is 1. The Bertz CT molecular complexity index is 367. The molecule has 1 aliphatic rings. The van der Waals surface area contributed by atoms with Gasteiger partial charge in [-0.25, -0.2) is 0 Å². The van der Waals surface area contributed by atoms with Crippen molar-refractivity contribution in [2.45, 2.75) is 103 Å². The van der Waals surface area contributed by atoms with Gasteiger partial charge < -0.3 is 10.2 Å². The Balaban J connectivity index is 2.19. The molecule has 1 aliphatic carbocycles. The first-order valence-electron chi connectivity index (χ1n) is 9.97. The van der Waals surface area contributed by atoms with Crippen LogP contribution < -0.4 is 0 Å². The number of carbonyl (C=O) groups is 2. The molecule has 1 rings (SSSR count). The van der Waals surface area contributed by atoms with E-state index >= 15 is 0 Å². The van der Waals surface area contributed by atoms with Gasteiger partial charge in [-0.2, -0.15) is 0 Å². The fourth-order valence-electron chi connectivity index (χ4n) is 3.89. The molecule has 1 saturated carbocycles. The van der Waals surface area contributed by atoms with Crippen LogP contribution in [0.4, 0.5) is 0 Å². The molecule has 0 heterocycles. The number of unbranched alkanes of at least 4 members (excludes halogenated alkanes) is 5. The Morgan fingerprint density at radius 1 is 1.08 bits per heavy atom. The van der Waals surface area contributed by atoms with Crippen LogP contribution in [0.25, 0.3) is 0 Å². The standard InChI is InChI=1S/C20H36O4/c1-2-3-6-9-17(21)14-12-16-13-15-19(22)18(16)10-7-4-5-8-11-20(23)24/h16-18,21H,2-15H2,1H3,(H,23,24)/t16-,17-,18-/m0/s1. The van der Waals surface area contributed by atoms with E-state index in [0.29, 0.717) is 18.1 Å². The largest absolute Gasteiger partial charge is 0.481 e. The van der Waals surface area contributed by atoms with E-state index in [1.807, 2.05) is 0 Å². The van der Waals surface area contributed by atoms with Gasteiger partial charge in [0.15, 0.2) is 0 Å². The maximum atomic E-state index is 12.1. The second kappa shape index (κ2) is 12.5. The fraction of sp³-hybridized carbons (Fsp3) is 0.900. The van der Waals surface area contributed by atoms with Crippen molar-refractivity contribution in [2.75, 3.05) is 0 Å². The van der Waals surface area contributed by atoms with Gasteiger partial charge >= 0.3 is 5.97 Å². The van der Waals surface area contributed by atoms with E-state index in [4.69, 9.17) is 5.11 Å². The molecule has 4 nitrogen and oxygen atoms in total. The maximum Gasteiger partial charge on any atom is 0.303 e. The number of carboxylic acids is 1. The fourth-order valence-corrected chi connectivity index (χ4v) is 3.89. The number of hydrogen-bond donors (Lipinski definition) is 2. The van der Waals surface area contributed by atoms with E-state index < -0.39 is 5.97 Å². The van der Waals surface area contributed by atoms with Crippen molar-refractivity contribution in [3.63, 3.8) is 0 Å². The highest BCUT2D eigenvalue weighted by Crippen LogP contribution is 2.36. The first-order chi connectivity index (χ1) is 11.5. The molecule has 2 N–H and O–H groups in total. The van der Waals surface area contributed by atoms with Crippen molar-refractivity contribution in [1.82, 2.24) is 0 Å². The summed E-state index contributed by atoms with van der Waals surface area (Å²) in [6, 6.07) is 0. The summed E-state index contributed by atoms with van der Waals surface area (Å²) >= 11 is 0. The quantitative estimate of drug-likeness (QED) is 0.448.